The average Bonchev–Trinajstić information content (AvgIpc) is 3.12. The number of aromatic carboxylic acids is 1. The second kappa shape index (κ2) is 15.1. The molecule has 5 N–H and O–H groups in total. The third-order valence-corrected chi connectivity index (χ3v) is 11.0. The van der Waals surface area contributed by atoms with Gasteiger partial charge < -0.3 is 25.0 Å². The molecule has 1 saturated carbocycles. The van der Waals surface area contributed by atoms with E-state index in [0.717, 1.165) is 30.4 Å². The first kappa shape index (κ1) is 34.2. The van der Waals surface area contributed by atoms with Crippen LogP contribution < -0.4 is 14.8 Å². The molecule has 242 valence electrons. The quantitative estimate of drug-likeness (QED) is 0.210. The van der Waals surface area contributed by atoms with Crippen molar-refractivity contribution in [1.29, 1.82) is 0 Å². The van der Waals surface area contributed by atoms with Gasteiger partial charge in [-0.25, -0.2) is 18.4 Å². The number of fused-ring (bicyclic) bond motifs is 1. The molecule has 4 rings (SSSR count). The summed E-state index contributed by atoms with van der Waals surface area (Å²) in [5, 5.41) is 35.9. The Morgan fingerprint density at radius 3 is 2.64 bits per heavy atom. The monoisotopic (exact) mass is 648 g/mol. The topological polar surface area (TPSA) is 150 Å². The Bertz CT molecular complexity index is 1430. The highest BCUT2D eigenvalue weighted by Gasteiger charge is 2.38. The minimum absolute atomic E-state index is 0.0118. The number of nitrogens with two attached hydrogens (primary N) is 1. The van der Waals surface area contributed by atoms with Gasteiger partial charge in [-0.2, -0.15) is 0 Å². The molecule has 0 saturated heterocycles. The number of aliphatic hydroxyl groups excluding tert-OH is 2. The van der Waals surface area contributed by atoms with Crippen molar-refractivity contribution in [2.45, 2.75) is 69.6 Å². The van der Waals surface area contributed by atoms with Crippen molar-refractivity contribution in [1.82, 2.24) is 0 Å². The number of carbonyl (C=O) groups is 1. The summed E-state index contributed by atoms with van der Waals surface area (Å²) >= 11 is 6.28. The molecule has 11 heteroatoms. The maximum Gasteiger partial charge on any atom is 0.335 e. The molecule has 0 radical (unpaired) electrons. The van der Waals surface area contributed by atoms with Crippen LogP contribution in [0.5, 0.6) is 5.75 Å². The molecule has 1 heterocycles. The van der Waals surface area contributed by atoms with Crippen LogP contribution in [0.15, 0.2) is 48.6 Å². The SMILES string of the molecule is CCC[C@H]([C@@H](C)C/C=C/[C@H](O)[C@@H]1CC[C@H]1CN1C[C@H](c2ccc(Cl)cc2CCO)COc2ccc(C(=O)O)cc21)S(N)(=O)=O. The number of rotatable bonds is 14. The molecule has 0 bridgehead atoms. The predicted octanol–water partition coefficient (Wildman–Crippen LogP) is 4.98. The van der Waals surface area contributed by atoms with Crippen LogP contribution in [0.1, 0.15) is 73.4 Å². The van der Waals surface area contributed by atoms with Crippen molar-refractivity contribution < 1.29 is 33.3 Å². The van der Waals surface area contributed by atoms with Gasteiger partial charge in [-0.3, -0.25) is 0 Å². The van der Waals surface area contributed by atoms with E-state index in [9.17, 15) is 28.5 Å². The maximum absolute atomic E-state index is 12.0. The van der Waals surface area contributed by atoms with Gasteiger partial charge in [-0.05, 0) is 91.3 Å². The number of allylic oxidation sites excluding steroid dienone is 1. The summed E-state index contributed by atoms with van der Waals surface area (Å²) in [6.45, 7) is 5.35. The summed E-state index contributed by atoms with van der Waals surface area (Å²) in [6.07, 6.45) is 6.93. The number of nitrogens with zero attached hydrogens (tertiary/aromatic N) is 1. The highest BCUT2D eigenvalue weighted by Crippen LogP contribution is 2.42. The van der Waals surface area contributed by atoms with Crippen LogP contribution in [-0.4, -0.2) is 67.4 Å². The van der Waals surface area contributed by atoms with Gasteiger partial charge in [0, 0.05) is 30.6 Å². The second-order valence-electron chi connectivity index (χ2n) is 12.3. The number of hydrogen-bond acceptors (Lipinski definition) is 7. The number of primary sulfonamides is 1. The summed E-state index contributed by atoms with van der Waals surface area (Å²) in [4.78, 5) is 14.0. The van der Waals surface area contributed by atoms with E-state index >= 15 is 0 Å². The molecule has 0 spiro atoms. The first-order valence-electron chi connectivity index (χ1n) is 15.4. The number of hydrogen-bond donors (Lipinski definition) is 4. The van der Waals surface area contributed by atoms with E-state index in [0.29, 0.717) is 55.4 Å². The highest BCUT2D eigenvalue weighted by molar-refractivity contribution is 7.89. The Morgan fingerprint density at radius 1 is 1.23 bits per heavy atom. The standard InChI is InChI=1S/C33H45ClN2O7S/c1-3-5-32(44(35,41)42)21(2)6-4-7-30(38)28-11-8-24(28)18-36-19-25(27-12-10-26(34)16-22(27)14-15-37)20-43-31-13-9-23(33(39)40)17-29(31)36/h4,7,9-10,12-13,16-17,21,24-25,28,30,32,37-38H,3,5-6,8,11,14-15,18-20H2,1-2H3,(H,39,40)(H2,35,41,42)/b7-4+/t21-,24-,25-,28+,30-,32+/m0/s1. The maximum atomic E-state index is 12.0. The molecular formula is C33H45ClN2O7S. The minimum atomic E-state index is -3.65. The van der Waals surface area contributed by atoms with Gasteiger partial charge in [-0.15, -0.1) is 0 Å². The Labute approximate surface area is 265 Å². The fourth-order valence-electron chi connectivity index (χ4n) is 6.64. The number of sulfonamides is 1. The zero-order valence-corrected chi connectivity index (χ0v) is 27.0. The number of aliphatic hydroxyl groups is 2. The number of anilines is 1. The highest BCUT2D eigenvalue weighted by atomic mass is 35.5. The van der Waals surface area contributed by atoms with Gasteiger partial charge >= 0.3 is 5.97 Å². The Morgan fingerprint density at radius 2 is 2.00 bits per heavy atom. The number of benzene rings is 2. The van der Waals surface area contributed by atoms with Gasteiger partial charge in [-0.1, -0.05) is 50.1 Å². The van der Waals surface area contributed by atoms with Crippen molar-refractivity contribution in [3.8, 4) is 5.75 Å². The average molecular weight is 649 g/mol. The van der Waals surface area contributed by atoms with E-state index in [1.54, 1.807) is 24.3 Å². The molecule has 9 nitrogen and oxygen atoms in total. The van der Waals surface area contributed by atoms with Crippen molar-refractivity contribution in [3.05, 3.63) is 70.3 Å². The molecule has 44 heavy (non-hydrogen) atoms. The van der Waals surface area contributed by atoms with Gasteiger partial charge in [0.2, 0.25) is 10.0 Å². The summed E-state index contributed by atoms with van der Waals surface area (Å²) in [6, 6.07) is 10.6. The number of ether oxygens (including phenoxy) is 1. The van der Waals surface area contributed by atoms with Crippen LogP contribution in [0.3, 0.4) is 0 Å². The van der Waals surface area contributed by atoms with Crippen LogP contribution in [-0.2, 0) is 16.4 Å². The predicted molar refractivity (Wildman–Crippen MR) is 173 cm³/mol. The van der Waals surface area contributed by atoms with E-state index in [4.69, 9.17) is 21.5 Å². The molecule has 1 aliphatic carbocycles. The molecule has 1 fully saturated rings. The zero-order chi connectivity index (χ0) is 32.0. The smallest absolute Gasteiger partial charge is 0.335 e. The number of carboxylic acid groups (broad SMARTS) is 1. The Kier molecular flexibility index (Phi) is 11.8. The van der Waals surface area contributed by atoms with E-state index in [-0.39, 0.29) is 35.8 Å². The normalized spacial score (nSPS) is 22.4. The van der Waals surface area contributed by atoms with E-state index in [1.165, 1.54) is 0 Å². The lowest BCUT2D eigenvalue weighted by atomic mass is 9.70. The van der Waals surface area contributed by atoms with Crippen LogP contribution in [0.2, 0.25) is 5.02 Å². The minimum Gasteiger partial charge on any atom is -0.491 e. The molecule has 2 aromatic carbocycles. The molecule has 6 atom stereocenters. The third kappa shape index (κ3) is 8.34. The van der Waals surface area contributed by atoms with Crippen LogP contribution in [0, 0.1) is 17.8 Å². The van der Waals surface area contributed by atoms with Crippen LogP contribution >= 0.6 is 11.6 Å². The number of carboxylic acids is 1. The molecule has 2 aromatic rings. The molecule has 1 aliphatic heterocycles. The number of halogens is 1. The molecule has 0 unspecified atom stereocenters. The third-order valence-electron chi connectivity index (χ3n) is 9.19. The van der Waals surface area contributed by atoms with Crippen molar-refractivity contribution in [2.75, 3.05) is 31.2 Å². The van der Waals surface area contributed by atoms with Crippen molar-refractivity contribution in [3.63, 3.8) is 0 Å². The van der Waals surface area contributed by atoms with Gasteiger partial charge in [0.05, 0.1) is 29.2 Å². The van der Waals surface area contributed by atoms with E-state index < -0.39 is 27.3 Å². The molecule has 2 aliphatic rings. The van der Waals surface area contributed by atoms with Crippen LogP contribution in [0.4, 0.5) is 5.69 Å². The summed E-state index contributed by atoms with van der Waals surface area (Å²) < 4.78 is 30.3. The van der Waals surface area contributed by atoms with Crippen molar-refractivity contribution in [2.24, 2.45) is 22.9 Å². The largest absolute Gasteiger partial charge is 0.491 e. The lowest BCUT2D eigenvalue weighted by Gasteiger charge is -2.42. The van der Waals surface area contributed by atoms with Gasteiger partial charge in [0.15, 0.2) is 0 Å². The zero-order valence-electron chi connectivity index (χ0n) is 25.4. The van der Waals surface area contributed by atoms with Gasteiger partial charge in [0.1, 0.15) is 5.75 Å². The van der Waals surface area contributed by atoms with Gasteiger partial charge in [0.25, 0.3) is 0 Å². The molecular weight excluding hydrogens is 604 g/mol. The fraction of sp³-hybridized carbons (Fsp3) is 0.545. The molecule has 0 aromatic heterocycles. The Balaban J connectivity index is 1.53. The lowest BCUT2D eigenvalue weighted by Crippen LogP contribution is -2.44. The van der Waals surface area contributed by atoms with E-state index in [1.807, 2.05) is 38.1 Å². The molecule has 0 amide bonds. The van der Waals surface area contributed by atoms with Crippen molar-refractivity contribution >= 4 is 33.3 Å². The summed E-state index contributed by atoms with van der Waals surface area (Å²) in [7, 11) is -3.65. The second-order valence-corrected chi connectivity index (χ2v) is 14.5. The summed E-state index contributed by atoms with van der Waals surface area (Å²) in [5.74, 6) is -0.460. The first-order chi connectivity index (χ1) is 20.9. The summed E-state index contributed by atoms with van der Waals surface area (Å²) in [5.41, 5.74) is 2.86. The van der Waals surface area contributed by atoms with Crippen LogP contribution in [0.25, 0.3) is 0 Å². The Hall–Kier alpha value is -2.63. The lowest BCUT2D eigenvalue weighted by molar-refractivity contribution is 0.0461. The van der Waals surface area contributed by atoms with E-state index in [2.05, 4.69) is 4.90 Å². The fourth-order valence-corrected chi connectivity index (χ4v) is 8.15. The first-order valence-corrected chi connectivity index (χ1v) is 17.4.